The Balaban J connectivity index is 1.35. The Kier molecular flexibility index (Phi) is 9.60. The van der Waals surface area contributed by atoms with Crippen molar-refractivity contribution in [2.45, 2.75) is 101 Å². The average Bonchev–Trinajstić information content (AvgIpc) is 3.23. The zero-order valence-corrected chi connectivity index (χ0v) is 32.3. The van der Waals surface area contributed by atoms with E-state index in [1.54, 1.807) is 0 Å². The lowest BCUT2D eigenvalue weighted by Crippen LogP contribution is -2.31. The summed E-state index contributed by atoms with van der Waals surface area (Å²) in [5.41, 5.74) is 6.75. The van der Waals surface area contributed by atoms with Crippen LogP contribution in [0.4, 0.5) is 0 Å². The normalized spacial score (nSPS) is 18.9. The molecule has 1 saturated heterocycles. The lowest BCUT2D eigenvalue weighted by Gasteiger charge is -2.41. The van der Waals surface area contributed by atoms with E-state index >= 15 is 0 Å². The summed E-state index contributed by atoms with van der Waals surface area (Å²) in [5, 5.41) is 11.9. The molecule has 0 bridgehead atoms. The van der Waals surface area contributed by atoms with Gasteiger partial charge in [0.15, 0.2) is 6.29 Å². The summed E-state index contributed by atoms with van der Waals surface area (Å²) in [6.45, 7) is 0.772. The van der Waals surface area contributed by atoms with E-state index in [1.165, 1.54) is 135 Å². The second-order valence-corrected chi connectivity index (χ2v) is 18.9. The molecule has 7 aromatic rings. The predicted octanol–water partition coefficient (Wildman–Crippen LogP) is 14.3. The minimum absolute atomic E-state index is 0.219. The van der Waals surface area contributed by atoms with Gasteiger partial charge in [0.05, 0.1) is 6.61 Å². The van der Waals surface area contributed by atoms with E-state index in [4.69, 9.17) is 9.47 Å². The monoisotopic (exact) mass is 726 g/mol. The first kappa shape index (κ1) is 34.3. The van der Waals surface area contributed by atoms with Crippen LogP contribution in [0.5, 0.6) is 5.75 Å². The van der Waals surface area contributed by atoms with Crippen molar-refractivity contribution in [3.8, 4) is 28.0 Å². The average molecular weight is 727 g/mol. The minimum Gasteiger partial charge on any atom is -0.464 e. The van der Waals surface area contributed by atoms with Gasteiger partial charge in [0.2, 0.25) is 0 Å². The summed E-state index contributed by atoms with van der Waals surface area (Å²) >= 11 is 0. The Hall–Kier alpha value is -4.23. The second-order valence-electron chi connectivity index (χ2n) is 16.2. The van der Waals surface area contributed by atoms with Crippen LogP contribution in [0.25, 0.3) is 65.3 Å². The highest BCUT2D eigenvalue weighted by atomic mass is 31.1. The van der Waals surface area contributed by atoms with Crippen LogP contribution in [0.3, 0.4) is 0 Å². The minimum atomic E-state index is -0.526. The molecule has 3 aliphatic rings. The number of hydrogen-bond donors (Lipinski definition) is 0. The third-order valence-electron chi connectivity index (χ3n) is 12.8. The van der Waals surface area contributed by atoms with E-state index in [0.717, 1.165) is 42.9 Å². The lowest BCUT2D eigenvalue weighted by atomic mass is 9.87. The summed E-state index contributed by atoms with van der Waals surface area (Å²) in [5.74, 6) is 1.09. The van der Waals surface area contributed by atoms with Crippen LogP contribution in [-0.2, 0) is 4.74 Å². The van der Waals surface area contributed by atoms with E-state index < -0.39 is 7.92 Å². The maximum absolute atomic E-state index is 7.42. The molecule has 1 aliphatic heterocycles. The van der Waals surface area contributed by atoms with E-state index in [1.807, 2.05) is 0 Å². The highest BCUT2D eigenvalue weighted by Crippen LogP contribution is 2.59. The topological polar surface area (TPSA) is 18.5 Å². The van der Waals surface area contributed by atoms with Gasteiger partial charge < -0.3 is 9.47 Å². The van der Waals surface area contributed by atoms with Crippen molar-refractivity contribution in [3.05, 3.63) is 121 Å². The van der Waals surface area contributed by atoms with Crippen LogP contribution < -0.4 is 10.0 Å². The smallest absolute Gasteiger partial charge is 0.199 e. The first-order valence-corrected chi connectivity index (χ1v) is 22.3. The van der Waals surface area contributed by atoms with Gasteiger partial charge >= 0.3 is 0 Å². The third kappa shape index (κ3) is 6.40. The summed E-state index contributed by atoms with van der Waals surface area (Å²) in [4.78, 5) is 0. The van der Waals surface area contributed by atoms with E-state index in [2.05, 4.69) is 121 Å². The molecule has 272 valence electrons. The van der Waals surface area contributed by atoms with Crippen LogP contribution in [0.2, 0.25) is 0 Å². The molecule has 0 spiro atoms. The molecule has 0 radical (unpaired) electrons. The van der Waals surface area contributed by atoms with E-state index in [0.29, 0.717) is 0 Å². The molecule has 7 aromatic carbocycles. The second kappa shape index (κ2) is 15.1. The maximum Gasteiger partial charge on any atom is 0.199 e. The Labute approximate surface area is 321 Å². The number of hydrogen-bond acceptors (Lipinski definition) is 2. The first-order chi connectivity index (χ1) is 26.8. The Morgan fingerprint density at radius 3 is 1.41 bits per heavy atom. The van der Waals surface area contributed by atoms with Gasteiger partial charge in [-0.3, -0.25) is 0 Å². The molecule has 0 amide bonds. The van der Waals surface area contributed by atoms with Gasteiger partial charge in [-0.05, 0) is 139 Å². The van der Waals surface area contributed by atoms with Gasteiger partial charge in [0, 0.05) is 11.7 Å². The highest BCUT2D eigenvalue weighted by molar-refractivity contribution is 7.67. The van der Waals surface area contributed by atoms with Crippen molar-refractivity contribution in [1.29, 1.82) is 0 Å². The molecule has 3 fully saturated rings. The van der Waals surface area contributed by atoms with Gasteiger partial charge in [0.1, 0.15) is 5.75 Å². The van der Waals surface area contributed by atoms with Gasteiger partial charge in [0.25, 0.3) is 0 Å². The molecule has 10 rings (SSSR count). The van der Waals surface area contributed by atoms with Crippen molar-refractivity contribution >= 4 is 56.3 Å². The van der Waals surface area contributed by atoms with Crippen molar-refractivity contribution in [2.24, 2.45) is 0 Å². The van der Waals surface area contributed by atoms with Gasteiger partial charge in [-0.1, -0.05) is 144 Å². The molecule has 1 unspecified atom stereocenters. The van der Waals surface area contributed by atoms with Crippen LogP contribution >= 0.6 is 7.92 Å². The van der Waals surface area contributed by atoms with E-state index in [9.17, 15) is 0 Å². The number of ether oxygens (including phenoxy) is 2. The zero-order chi connectivity index (χ0) is 35.8. The summed E-state index contributed by atoms with van der Waals surface area (Å²) in [6.07, 6.45) is 16.5. The first-order valence-electron chi connectivity index (χ1n) is 20.9. The fourth-order valence-corrected chi connectivity index (χ4v) is 14.3. The fraction of sp³-hybridized carbons (Fsp3) is 0.333. The molecule has 0 aromatic heterocycles. The van der Waals surface area contributed by atoms with Crippen molar-refractivity contribution in [2.75, 3.05) is 6.61 Å². The fourth-order valence-electron chi connectivity index (χ4n) is 10.3. The summed E-state index contributed by atoms with van der Waals surface area (Å²) < 4.78 is 13.9. The molecular weight excluding hydrogens is 676 g/mol. The summed E-state index contributed by atoms with van der Waals surface area (Å²) in [7, 11) is -0.526. The third-order valence-corrected chi connectivity index (χ3v) is 16.4. The summed E-state index contributed by atoms with van der Waals surface area (Å²) in [6, 6.07) is 46.0. The standard InChI is InChI=1S/C51H51O2P/c1-3-21-40(22-4-1)54(41-23-5-2-6-24-41)51-46(50-44-27-13-9-19-37(44)32-38-20-10-14-28-45(38)50)33-39(34-47(51)53-48-29-15-16-30-52-48)49-42-25-11-7-17-35(42)31-36-18-8-12-26-43(36)49/h7-14,17-20,25-28,31-34,40-41,48H,1-6,15-16,21-24,29-30H2. The lowest BCUT2D eigenvalue weighted by molar-refractivity contribution is -0.105. The molecule has 1 heterocycles. The molecule has 54 heavy (non-hydrogen) atoms. The van der Waals surface area contributed by atoms with Crippen molar-refractivity contribution in [3.63, 3.8) is 0 Å². The Bertz CT molecular complexity index is 2320. The van der Waals surface area contributed by atoms with Crippen molar-refractivity contribution in [1.82, 2.24) is 0 Å². The molecule has 2 nitrogen and oxygen atoms in total. The van der Waals surface area contributed by atoms with Gasteiger partial charge in [-0.25, -0.2) is 0 Å². The Morgan fingerprint density at radius 2 is 0.926 bits per heavy atom. The van der Waals surface area contributed by atoms with Crippen LogP contribution in [0.15, 0.2) is 121 Å². The number of fused-ring (bicyclic) bond motifs is 4. The number of benzene rings is 7. The molecule has 2 aliphatic carbocycles. The maximum atomic E-state index is 7.42. The van der Waals surface area contributed by atoms with Crippen LogP contribution in [0.1, 0.15) is 83.5 Å². The van der Waals surface area contributed by atoms with Crippen LogP contribution in [0, 0.1) is 0 Å². The van der Waals surface area contributed by atoms with Crippen LogP contribution in [-0.4, -0.2) is 24.2 Å². The largest absolute Gasteiger partial charge is 0.464 e. The molecule has 1 atom stereocenters. The molecule has 3 heteroatoms. The molecular formula is C51H51O2P. The van der Waals surface area contributed by atoms with E-state index in [-0.39, 0.29) is 6.29 Å². The predicted molar refractivity (Wildman–Crippen MR) is 232 cm³/mol. The highest BCUT2D eigenvalue weighted by Gasteiger charge is 2.37. The molecule has 0 N–H and O–H groups in total. The number of rotatable bonds is 7. The van der Waals surface area contributed by atoms with Crippen molar-refractivity contribution < 1.29 is 9.47 Å². The quantitative estimate of drug-likeness (QED) is 0.120. The zero-order valence-electron chi connectivity index (χ0n) is 31.4. The van der Waals surface area contributed by atoms with Gasteiger partial charge in [-0.15, -0.1) is 0 Å². The SMILES string of the molecule is c1ccc2c(-c3cc(OC4CCCCO4)c(P(C4CCCCC4)C4CCCCC4)c(-c4c5ccccc5cc5ccccc45)c3)c3ccccc3cc2c1. The molecule has 2 saturated carbocycles. The Morgan fingerprint density at radius 1 is 0.463 bits per heavy atom. The van der Waals surface area contributed by atoms with Gasteiger partial charge in [-0.2, -0.15) is 0 Å².